The summed E-state index contributed by atoms with van der Waals surface area (Å²) in [5, 5.41) is 0. The van der Waals surface area contributed by atoms with Crippen LogP contribution in [0.1, 0.15) is 95.5 Å². The number of hydrogen-bond donors (Lipinski definition) is 0. The SMILES string of the molecule is C=CCCC1CCC(C2C=CC(C3CCC(c4ccc(OCC)c(F)c4F)CC3)CC2)CC1. The molecule has 3 aliphatic carbocycles. The zero-order chi connectivity index (χ0) is 23.2. The van der Waals surface area contributed by atoms with Crippen molar-refractivity contribution < 1.29 is 13.5 Å². The van der Waals surface area contributed by atoms with E-state index in [9.17, 15) is 8.78 Å². The van der Waals surface area contributed by atoms with E-state index in [4.69, 9.17) is 4.74 Å². The molecule has 2 saturated carbocycles. The second-order valence-electron chi connectivity index (χ2n) is 10.8. The molecular formula is C30H42F2O. The first-order valence-electron chi connectivity index (χ1n) is 13.5. The van der Waals surface area contributed by atoms with Gasteiger partial charge < -0.3 is 4.74 Å². The summed E-state index contributed by atoms with van der Waals surface area (Å²) >= 11 is 0. The number of hydrogen-bond acceptors (Lipinski definition) is 1. The molecule has 0 radical (unpaired) electrons. The molecule has 0 saturated heterocycles. The van der Waals surface area contributed by atoms with Gasteiger partial charge >= 0.3 is 0 Å². The Kier molecular flexibility index (Phi) is 8.66. The third-order valence-electron chi connectivity index (χ3n) is 8.91. The van der Waals surface area contributed by atoms with E-state index in [0.717, 1.165) is 43.4 Å². The second kappa shape index (κ2) is 11.7. The van der Waals surface area contributed by atoms with E-state index >= 15 is 0 Å². The number of ether oxygens (including phenoxy) is 1. The summed E-state index contributed by atoms with van der Waals surface area (Å²) in [5.41, 5.74) is 0.539. The first-order valence-corrected chi connectivity index (χ1v) is 13.5. The van der Waals surface area contributed by atoms with Crippen LogP contribution in [0.15, 0.2) is 36.9 Å². The van der Waals surface area contributed by atoms with Crippen LogP contribution in [-0.2, 0) is 0 Å². The maximum absolute atomic E-state index is 14.7. The van der Waals surface area contributed by atoms with Crippen molar-refractivity contribution in [2.45, 2.75) is 89.9 Å². The van der Waals surface area contributed by atoms with Gasteiger partial charge in [0.1, 0.15) is 0 Å². The minimum atomic E-state index is -0.826. The maximum Gasteiger partial charge on any atom is 0.200 e. The van der Waals surface area contributed by atoms with Gasteiger partial charge in [-0.05, 0) is 118 Å². The summed E-state index contributed by atoms with van der Waals surface area (Å²) in [5.74, 6) is 2.58. The van der Waals surface area contributed by atoms with E-state index in [2.05, 4.69) is 24.8 Å². The molecular weight excluding hydrogens is 414 g/mol. The Morgan fingerprint density at radius 2 is 1.45 bits per heavy atom. The van der Waals surface area contributed by atoms with Crippen LogP contribution in [-0.4, -0.2) is 6.61 Å². The zero-order valence-electron chi connectivity index (χ0n) is 20.4. The van der Waals surface area contributed by atoms with Crippen molar-refractivity contribution in [1.82, 2.24) is 0 Å². The summed E-state index contributed by atoms with van der Waals surface area (Å²) in [4.78, 5) is 0. The quantitative estimate of drug-likeness (QED) is 0.355. The van der Waals surface area contributed by atoms with Gasteiger partial charge in [-0.1, -0.05) is 37.1 Å². The molecule has 0 aromatic heterocycles. The number of benzene rings is 1. The van der Waals surface area contributed by atoms with E-state index < -0.39 is 11.6 Å². The predicted molar refractivity (Wildman–Crippen MR) is 132 cm³/mol. The van der Waals surface area contributed by atoms with E-state index in [1.165, 1.54) is 51.4 Å². The summed E-state index contributed by atoms with van der Waals surface area (Å²) < 4.78 is 34.2. The standard InChI is InChI=1S/C30H42F2O/c1-3-5-6-21-7-9-22(10-8-21)23-11-13-24(14-12-23)25-15-17-26(18-16-25)27-19-20-28(33-4-2)30(32)29(27)31/h3,11,13,19-26H,1,4-10,12,14-18H2,2H3. The van der Waals surface area contributed by atoms with Crippen LogP contribution in [0, 0.1) is 41.2 Å². The van der Waals surface area contributed by atoms with Crippen molar-refractivity contribution in [3.63, 3.8) is 0 Å². The minimum Gasteiger partial charge on any atom is -0.491 e. The summed E-state index contributed by atoms with van der Waals surface area (Å²) in [6.45, 7) is 5.99. The Hall–Kier alpha value is -1.64. The first-order chi connectivity index (χ1) is 16.1. The third-order valence-corrected chi connectivity index (χ3v) is 8.91. The average Bonchev–Trinajstić information content (AvgIpc) is 2.86. The summed E-state index contributed by atoms with van der Waals surface area (Å²) in [7, 11) is 0. The van der Waals surface area contributed by atoms with Gasteiger partial charge in [0.05, 0.1) is 6.61 Å². The maximum atomic E-state index is 14.7. The zero-order valence-corrected chi connectivity index (χ0v) is 20.4. The van der Waals surface area contributed by atoms with Gasteiger partial charge in [-0.2, -0.15) is 4.39 Å². The number of halogens is 2. The normalized spacial score (nSPS) is 32.5. The molecule has 0 spiro atoms. The van der Waals surface area contributed by atoms with Crippen molar-refractivity contribution in [2.24, 2.45) is 29.6 Å². The fraction of sp³-hybridized carbons (Fsp3) is 0.667. The Morgan fingerprint density at radius 3 is 2.00 bits per heavy atom. The minimum absolute atomic E-state index is 0.0274. The molecule has 2 unspecified atom stereocenters. The van der Waals surface area contributed by atoms with Crippen LogP contribution in [0.2, 0.25) is 0 Å². The molecule has 0 bridgehead atoms. The molecule has 33 heavy (non-hydrogen) atoms. The molecule has 0 aliphatic heterocycles. The Bertz CT molecular complexity index is 800. The molecule has 0 amide bonds. The van der Waals surface area contributed by atoms with Crippen LogP contribution < -0.4 is 4.74 Å². The molecule has 1 aromatic rings. The van der Waals surface area contributed by atoms with Crippen molar-refractivity contribution in [2.75, 3.05) is 6.61 Å². The highest BCUT2D eigenvalue weighted by Gasteiger charge is 2.33. The lowest BCUT2D eigenvalue weighted by Gasteiger charge is -2.38. The van der Waals surface area contributed by atoms with Crippen molar-refractivity contribution >= 4 is 0 Å². The Balaban J connectivity index is 1.26. The van der Waals surface area contributed by atoms with E-state index in [1.807, 2.05) is 0 Å². The third kappa shape index (κ3) is 5.89. The van der Waals surface area contributed by atoms with Crippen LogP contribution in [0.4, 0.5) is 8.78 Å². The lowest BCUT2D eigenvalue weighted by atomic mass is 9.67. The monoisotopic (exact) mass is 456 g/mol. The lowest BCUT2D eigenvalue weighted by Crippen LogP contribution is -2.26. The van der Waals surface area contributed by atoms with E-state index in [1.54, 1.807) is 19.1 Å². The fourth-order valence-corrected chi connectivity index (χ4v) is 6.89. The molecule has 3 heteroatoms. The van der Waals surface area contributed by atoms with Gasteiger partial charge in [0.2, 0.25) is 5.82 Å². The molecule has 2 fully saturated rings. The summed E-state index contributed by atoms with van der Waals surface area (Å²) in [6, 6.07) is 3.34. The Labute approximate surface area is 199 Å². The van der Waals surface area contributed by atoms with Crippen molar-refractivity contribution in [1.29, 1.82) is 0 Å². The predicted octanol–water partition coefficient (Wildman–Crippen LogP) is 8.99. The van der Waals surface area contributed by atoms with Gasteiger partial charge in [0, 0.05) is 0 Å². The van der Waals surface area contributed by atoms with Crippen molar-refractivity contribution in [3.05, 3.63) is 54.1 Å². The lowest BCUT2D eigenvalue weighted by molar-refractivity contribution is 0.187. The van der Waals surface area contributed by atoms with Crippen LogP contribution in [0.25, 0.3) is 0 Å². The molecule has 1 nitrogen and oxygen atoms in total. The van der Waals surface area contributed by atoms with Crippen LogP contribution in [0.3, 0.4) is 0 Å². The van der Waals surface area contributed by atoms with Gasteiger partial charge in [0.15, 0.2) is 11.6 Å². The smallest absolute Gasteiger partial charge is 0.200 e. The highest BCUT2D eigenvalue weighted by atomic mass is 19.2. The van der Waals surface area contributed by atoms with Gasteiger partial charge in [-0.25, -0.2) is 4.39 Å². The fourth-order valence-electron chi connectivity index (χ4n) is 6.89. The molecule has 1 aromatic carbocycles. The van der Waals surface area contributed by atoms with Crippen molar-refractivity contribution in [3.8, 4) is 5.75 Å². The topological polar surface area (TPSA) is 9.23 Å². The van der Waals surface area contributed by atoms with Gasteiger partial charge in [-0.15, -0.1) is 6.58 Å². The van der Waals surface area contributed by atoms with E-state index in [-0.39, 0.29) is 11.7 Å². The molecule has 0 N–H and O–H groups in total. The van der Waals surface area contributed by atoms with Crippen LogP contribution >= 0.6 is 0 Å². The highest BCUT2D eigenvalue weighted by molar-refractivity contribution is 5.33. The molecule has 2 atom stereocenters. The summed E-state index contributed by atoms with van der Waals surface area (Å²) in [6.07, 6.45) is 22.0. The second-order valence-corrected chi connectivity index (χ2v) is 10.8. The van der Waals surface area contributed by atoms with Crippen LogP contribution in [0.5, 0.6) is 5.75 Å². The molecule has 3 aliphatic rings. The largest absolute Gasteiger partial charge is 0.491 e. The number of allylic oxidation sites excluding steroid dienone is 3. The molecule has 0 heterocycles. The van der Waals surface area contributed by atoms with Gasteiger partial charge in [0.25, 0.3) is 0 Å². The highest BCUT2D eigenvalue weighted by Crippen LogP contribution is 2.45. The van der Waals surface area contributed by atoms with E-state index in [0.29, 0.717) is 24.0 Å². The molecule has 4 rings (SSSR count). The average molecular weight is 457 g/mol. The first kappa shape index (κ1) is 24.5. The Morgan fingerprint density at radius 1 is 0.848 bits per heavy atom. The number of rotatable bonds is 8. The molecule has 182 valence electrons. The van der Waals surface area contributed by atoms with Gasteiger partial charge in [-0.3, -0.25) is 0 Å².